The van der Waals surface area contributed by atoms with Crippen LogP contribution < -0.4 is 5.69 Å². The topological polar surface area (TPSA) is 115 Å². The van der Waals surface area contributed by atoms with Crippen LogP contribution >= 0.6 is 0 Å². The Morgan fingerprint density at radius 3 is 2.62 bits per heavy atom. The maximum absolute atomic E-state index is 13.8. The van der Waals surface area contributed by atoms with Gasteiger partial charge < -0.3 is 4.98 Å². The van der Waals surface area contributed by atoms with Crippen molar-refractivity contribution in [1.82, 2.24) is 38.7 Å². The van der Waals surface area contributed by atoms with Gasteiger partial charge in [-0.1, -0.05) is 6.07 Å². The van der Waals surface area contributed by atoms with Crippen LogP contribution in [0.1, 0.15) is 43.8 Å². The van der Waals surface area contributed by atoms with E-state index in [-0.39, 0.29) is 11.7 Å². The predicted molar refractivity (Wildman–Crippen MR) is 155 cm³/mol. The summed E-state index contributed by atoms with van der Waals surface area (Å²) in [5, 5.41) is 20.3. The summed E-state index contributed by atoms with van der Waals surface area (Å²) in [6.45, 7) is 2.01. The standard InChI is InChI=1S/C30H31N9O/c1-17-22(16-36(2)35-17)27-25(19-7-10-23-20(13-19)14-33-38(23)4)26-28-24(15-32-29(26)34-27)37(3)30(40)39(28)21-8-5-18(6-9-21)11-12-31/h7,10,13-16,18,21H,5-6,8-9,11H2,1-4H3,(H,32,34)/t18-,21+. The van der Waals surface area contributed by atoms with Crippen molar-refractivity contribution in [1.29, 1.82) is 5.26 Å². The minimum Gasteiger partial charge on any atom is -0.339 e. The summed E-state index contributed by atoms with van der Waals surface area (Å²) in [6.07, 6.45) is 9.96. The summed E-state index contributed by atoms with van der Waals surface area (Å²) < 4.78 is 7.42. The molecule has 202 valence electrons. The zero-order chi connectivity index (χ0) is 27.7. The lowest BCUT2D eigenvalue weighted by Crippen LogP contribution is -2.28. The molecule has 6 aromatic rings. The van der Waals surface area contributed by atoms with Crippen molar-refractivity contribution in [3.05, 3.63) is 53.0 Å². The van der Waals surface area contributed by atoms with Gasteiger partial charge in [-0.05, 0) is 56.2 Å². The normalized spacial score (nSPS) is 17.8. The van der Waals surface area contributed by atoms with Crippen molar-refractivity contribution in [2.24, 2.45) is 27.1 Å². The largest absolute Gasteiger partial charge is 0.339 e. The first-order valence-corrected chi connectivity index (χ1v) is 13.8. The second-order valence-electron chi connectivity index (χ2n) is 11.2. The van der Waals surface area contributed by atoms with Gasteiger partial charge in [0.15, 0.2) is 0 Å². The molecule has 0 bridgehead atoms. The van der Waals surface area contributed by atoms with E-state index < -0.39 is 0 Å². The van der Waals surface area contributed by atoms with E-state index in [9.17, 15) is 10.1 Å². The Morgan fingerprint density at radius 2 is 1.90 bits per heavy atom. The number of H-pyrrole nitrogens is 1. The molecule has 1 N–H and O–H groups in total. The van der Waals surface area contributed by atoms with Crippen molar-refractivity contribution in [3.8, 4) is 28.5 Å². The van der Waals surface area contributed by atoms with Crippen LogP contribution in [0.4, 0.5) is 0 Å². The van der Waals surface area contributed by atoms with Crippen molar-refractivity contribution in [3.63, 3.8) is 0 Å². The average Bonchev–Trinajstić information content (AvgIpc) is 3.67. The molecule has 10 nitrogen and oxygen atoms in total. The van der Waals surface area contributed by atoms with E-state index in [1.54, 1.807) is 10.8 Å². The maximum atomic E-state index is 13.8. The number of nitriles is 1. The minimum atomic E-state index is -0.0259. The minimum absolute atomic E-state index is 0.0259. The third-order valence-corrected chi connectivity index (χ3v) is 8.75. The molecule has 5 heterocycles. The van der Waals surface area contributed by atoms with Crippen LogP contribution in [-0.4, -0.2) is 38.7 Å². The van der Waals surface area contributed by atoms with Crippen LogP contribution in [0.2, 0.25) is 0 Å². The quantitative estimate of drug-likeness (QED) is 0.338. The van der Waals surface area contributed by atoms with Gasteiger partial charge in [-0.15, -0.1) is 0 Å². The van der Waals surface area contributed by atoms with E-state index in [2.05, 4.69) is 39.4 Å². The zero-order valence-corrected chi connectivity index (χ0v) is 23.1. The third-order valence-electron chi connectivity index (χ3n) is 8.75. The first kappa shape index (κ1) is 24.4. The summed E-state index contributed by atoms with van der Waals surface area (Å²) in [6, 6.07) is 8.78. The molecule has 0 radical (unpaired) electrons. The molecule has 7 rings (SSSR count). The van der Waals surface area contributed by atoms with Crippen LogP contribution in [0.5, 0.6) is 0 Å². The monoisotopic (exact) mass is 533 g/mol. The Hall–Kier alpha value is -4.65. The predicted octanol–water partition coefficient (Wildman–Crippen LogP) is 5.12. The fourth-order valence-corrected chi connectivity index (χ4v) is 6.71. The highest BCUT2D eigenvalue weighted by atomic mass is 16.1. The number of rotatable bonds is 4. The SMILES string of the molecule is Cc1nn(C)cc1-c1[nH]c2ncc3c(c2c1-c1ccc2c(cnn2C)c1)n([C@H]1CC[C@@H](CC#N)CC1)c(=O)n3C. The van der Waals surface area contributed by atoms with Crippen molar-refractivity contribution in [2.75, 3.05) is 0 Å². The molecule has 40 heavy (non-hydrogen) atoms. The highest BCUT2D eigenvalue weighted by Gasteiger charge is 2.29. The molecule has 0 amide bonds. The third kappa shape index (κ3) is 3.54. The van der Waals surface area contributed by atoms with Gasteiger partial charge >= 0.3 is 5.69 Å². The zero-order valence-electron chi connectivity index (χ0n) is 23.1. The molecule has 1 fully saturated rings. The van der Waals surface area contributed by atoms with E-state index in [1.807, 2.05) is 54.4 Å². The molecule has 1 aliphatic rings. The first-order chi connectivity index (χ1) is 19.4. The van der Waals surface area contributed by atoms with Crippen LogP contribution in [0.25, 0.3) is 55.4 Å². The number of hydrogen-bond acceptors (Lipinski definition) is 5. The summed E-state index contributed by atoms with van der Waals surface area (Å²) in [5.74, 6) is 0.405. The Labute approximate surface area is 230 Å². The number of benzene rings is 1. The van der Waals surface area contributed by atoms with E-state index in [0.29, 0.717) is 12.3 Å². The van der Waals surface area contributed by atoms with E-state index in [4.69, 9.17) is 4.98 Å². The van der Waals surface area contributed by atoms with Crippen molar-refractivity contribution >= 4 is 33.0 Å². The average molecular weight is 534 g/mol. The Balaban J connectivity index is 1.55. The van der Waals surface area contributed by atoms with Gasteiger partial charge in [-0.25, -0.2) is 9.78 Å². The lowest BCUT2D eigenvalue weighted by molar-refractivity contribution is 0.277. The summed E-state index contributed by atoms with van der Waals surface area (Å²) >= 11 is 0. The van der Waals surface area contributed by atoms with Crippen LogP contribution in [-0.2, 0) is 21.1 Å². The number of aryl methyl sites for hydroxylation is 4. The molecule has 1 saturated carbocycles. The molecule has 0 saturated heterocycles. The highest BCUT2D eigenvalue weighted by molar-refractivity contribution is 6.14. The smallest absolute Gasteiger partial charge is 0.329 e. The van der Waals surface area contributed by atoms with Gasteiger partial charge in [0.1, 0.15) is 5.65 Å². The maximum Gasteiger partial charge on any atom is 0.329 e. The first-order valence-electron chi connectivity index (χ1n) is 13.8. The van der Waals surface area contributed by atoms with E-state index in [1.165, 1.54) is 0 Å². The number of aromatic amines is 1. The molecule has 0 spiro atoms. The molecule has 0 aliphatic heterocycles. The molecule has 0 unspecified atom stereocenters. The van der Waals surface area contributed by atoms with Gasteiger partial charge in [0.25, 0.3) is 0 Å². The van der Waals surface area contributed by atoms with Crippen molar-refractivity contribution in [2.45, 2.75) is 45.1 Å². The number of nitrogens with one attached hydrogen (secondary N) is 1. The molecular weight excluding hydrogens is 502 g/mol. The Bertz CT molecular complexity index is 2030. The summed E-state index contributed by atoms with van der Waals surface area (Å²) in [7, 11) is 5.70. The lowest BCUT2D eigenvalue weighted by atomic mass is 9.84. The van der Waals surface area contributed by atoms with Crippen molar-refractivity contribution < 1.29 is 0 Å². The number of pyridine rings is 1. The highest BCUT2D eigenvalue weighted by Crippen LogP contribution is 2.43. The number of imidazole rings is 1. The van der Waals surface area contributed by atoms with Gasteiger partial charge in [0.05, 0.1) is 51.8 Å². The molecular formula is C30H31N9O. The molecule has 1 aromatic carbocycles. The van der Waals surface area contributed by atoms with Gasteiger partial charge in [0.2, 0.25) is 0 Å². The van der Waals surface area contributed by atoms with E-state index >= 15 is 0 Å². The summed E-state index contributed by atoms with van der Waals surface area (Å²) in [5.41, 5.74) is 8.37. The van der Waals surface area contributed by atoms with E-state index in [0.717, 1.165) is 86.7 Å². The number of fused-ring (bicyclic) bond motifs is 4. The Morgan fingerprint density at radius 1 is 1.10 bits per heavy atom. The van der Waals surface area contributed by atoms with Gasteiger partial charge in [-0.2, -0.15) is 15.5 Å². The summed E-state index contributed by atoms with van der Waals surface area (Å²) in [4.78, 5) is 22.3. The molecule has 1 aliphatic carbocycles. The lowest BCUT2D eigenvalue weighted by Gasteiger charge is -2.28. The fraction of sp³-hybridized carbons (Fsp3) is 0.367. The number of hydrogen-bond donors (Lipinski definition) is 1. The fourth-order valence-electron chi connectivity index (χ4n) is 6.71. The van der Waals surface area contributed by atoms with Crippen LogP contribution in [0, 0.1) is 24.2 Å². The molecule has 0 atom stereocenters. The number of aromatic nitrogens is 8. The Kier molecular flexibility index (Phi) is 5.46. The number of nitrogens with zero attached hydrogens (tertiary/aromatic N) is 8. The second-order valence-corrected chi connectivity index (χ2v) is 11.2. The van der Waals surface area contributed by atoms with Gasteiger partial charge in [-0.3, -0.25) is 18.5 Å². The van der Waals surface area contributed by atoms with Crippen LogP contribution in [0.3, 0.4) is 0 Å². The van der Waals surface area contributed by atoms with Gasteiger partial charge in [0, 0.05) is 56.3 Å². The van der Waals surface area contributed by atoms with Crippen LogP contribution in [0.15, 0.2) is 41.6 Å². The molecule has 10 heteroatoms. The second kappa shape index (κ2) is 8.95. The molecule has 5 aromatic heterocycles.